The Morgan fingerprint density at radius 1 is 1.30 bits per heavy atom. The number of thioether (sulfide) groups is 1. The first-order valence-electron chi connectivity index (χ1n) is 8.49. The summed E-state index contributed by atoms with van der Waals surface area (Å²) in [5.41, 5.74) is 1.59. The minimum Gasteiger partial charge on any atom is -0.301 e. The van der Waals surface area contributed by atoms with E-state index in [1.807, 2.05) is 5.38 Å². The van der Waals surface area contributed by atoms with Gasteiger partial charge in [0.2, 0.25) is 5.91 Å². The Balaban J connectivity index is 1.43. The lowest BCUT2D eigenvalue weighted by Gasteiger charge is -2.06. The summed E-state index contributed by atoms with van der Waals surface area (Å²) in [6, 6.07) is 7.92. The van der Waals surface area contributed by atoms with Crippen LogP contribution in [0.5, 0.6) is 0 Å². The summed E-state index contributed by atoms with van der Waals surface area (Å²) < 4.78 is 2.02. The first-order chi connectivity index (χ1) is 14.4. The van der Waals surface area contributed by atoms with Gasteiger partial charge < -0.3 is 5.32 Å². The largest absolute Gasteiger partial charge is 0.301 e. The van der Waals surface area contributed by atoms with Crippen LogP contribution in [0.3, 0.4) is 0 Å². The number of rotatable bonds is 6. The number of thiophene rings is 1. The second-order valence-corrected chi connectivity index (χ2v) is 8.79. The number of nitro benzene ring substituents is 1. The fourth-order valence-corrected chi connectivity index (χ4v) is 4.94. The number of anilines is 1. The normalized spacial score (nSPS) is 11.0. The maximum absolute atomic E-state index is 12.3. The molecule has 4 rings (SSSR count). The van der Waals surface area contributed by atoms with Gasteiger partial charge in [-0.25, -0.2) is 9.97 Å². The third-order valence-corrected chi connectivity index (χ3v) is 6.76. The Kier molecular flexibility index (Phi) is 5.61. The van der Waals surface area contributed by atoms with Crippen LogP contribution in [0.2, 0.25) is 0 Å². The number of benzene rings is 1. The van der Waals surface area contributed by atoms with E-state index in [-0.39, 0.29) is 22.9 Å². The quantitative estimate of drug-likeness (QED) is 0.202. The molecule has 9 nitrogen and oxygen atoms in total. The van der Waals surface area contributed by atoms with Gasteiger partial charge in [-0.1, -0.05) is 23.9 Å². The molecule has 0 aliphatic carbocycles. The van der Waals surface area contributed by atoms with Gasteiger partial charge >= 0.3 is 0 Å². The minimum atomic E-state index is -0.468. The first-order valence-corrected chi connectivity index (χ1v) is 11.2. The van der Waals surface area contributed by atoms with Gasteiger partial charge in [0.25, 0.3) is 11.2 Å². The van der Waals surface area contributed by atoms with Crippen LogP contribution in [-0.2, 0) is 11.8 Å². The van der Waals surface area contributed by atoms with Crippen molar-refractivity contribution >= 4 is 61.4 Å². The summed E-state index contributed by atoms with van der Waals surface area (Å²) in [5, 5.41) is 18.0. The van der Waals surface area contributed by atoms with E-state index in [1.165, 1.54) is 39.4 Å². The number of hydrogen-bond acceptors (Lipinski definition) is 9. The molecule has 0 saturated heterocycles. The number of nitro groups is 1. The fourth-order valence-electron chi connectivity index (χ4n) is 2.62. The third-order valence-electron chi connectivity index (χ3n) is 4.08. The van der Waals surface area contributed by atoms with Crippen molar-refractivity contribution in [2.24, 2.45) is 7.05 Å². The van der Waals surface area contributed by atoms with E-state index in [0.29, 0.717) is 31.8 Å². The number of non-ortho nitro benzene ring substituents is 1. The summed E-state index contributed by atoms with van der Waals surface area (Å²) in [6.45, 7) is 0. The topological polar surface area (TPSA) is 120 Å². The zero-order valence-electron chi connectivity index (χ0n) is 15.4. The molecule has 0 bridgehead atoms. The molecule has 3 heterocycles. The highest BCUT2D eigenvalue weighted by atomic mass is 32.2. The van der Waals surface area contributed by atoms with Gasteiger partial charge in [0.05, 0.1) is 21.9 Å². The van der Waals surface area contributed by atoms with Crippen molar-refractivity contribution in [1.82, 2.24) is 14.5 Å². The number of thiazole rings is 1. The van der Waals surface area contributed by atoms with E-state index in [4.69, 9.17) is 0 Å². The van der Waals surface area contributed by atoms with Crippen molar-refractivity contribution < 1.29 is 9.72 Å². The molecule has 1 N–H and O–H groups in total. The Morgan fingerprint density at radius 2 is 2.13 bits per heavy atom. The zero-order chi connectivity index (χ0) is 21.3. The smallest absolute Gasteiger partial charge is 0.271 e. The predicted molar refractivity (Wildman–Crippen MR) is 118 cm³/mol. The van der Waals surface area contributed by atoms with Crippen LogP contribution in [0.4, 0.5) is 10.8 Å². The van der Waals surface area contributed by atoms with Crippen molar-refractivity contribution in [3.63, 3.8) is 0 Å². The highest BCUT2D eigenvalue weighted by Crippen LogP contribution is 2.28. The Labute approximate surface area is 181 Å². The van der Waals surface area contributed by atoms with Gasteiger partial charge in [0, 0.05) is 30.1 Å². The number of aromatic nitrogens is 3. The highest BCUT2D eigenvalue weighted by molar-refractivity contribution is 7.99. The van der Waals surface area contributed by atoms with E-state index in [0.717, 1.165) is 11.8 Å². The van der Waals surface area contributed by atoms with E-state index in [1.54, 1.807) is 30.6 Å². The second-order valence-electron chi connectivity index (χ2n) is 6.08. The molecule has 0 unspecified atom stereocenters. The molecule has 0 spiro atoms. The number of hydrogen-bond donors (Lipinski definition) is 1. The van der Waals surface area contributed by atoms with Crippen LogP contribution in [0, 0.1) is 10.1 Å². The molecule has 3 aromatic heterocycles. The molecule has 1 amide bonds. The SMILES string of the molecule is Cn1c(SCC(=O)Nc2nc(-c3cccc([N+](=O)[O-])c3)cs2)nc2ccsc2c1=O. The molecule has 12 heteroatoms. The Morgan fingerprint density at radius 3 is 2.93 bits per heavy atom. The van der Waals surface area contributed by atoms with Crippen LogP contribution < -0.4 is 10.9 Å². The van der Waals surface area contributed by atoms with Crippen molar-refractivity contribution in [3.05, 3.63) is 61.6 Å². The predicted octanol–water partition coefficient (Wildman–Crippen LogP) is 3.76. The van der Waals surface area contributed by atoms with Crippen molar-refractivity contribution in [2.45, 2.75) is 5.16 Å². The average molecular weight is 460 g/mol. The number of amides is 1. The minimum absolute atomic E-state index is 0.0248. The molecule has 0 atom stereocenters. The number of carbonyl (C=O) groups excluding carboxylic acids is 1. The molecule has 0 saturated carbocycles. The number of nitrogens with zero attached hydrogens (tertiary/aromatic N) is 4. The standard InChI is InChI=1S/C18H13N5O4S3/c1-22-16(25)15-12(5-6-28-15)20-18(22)30-9-14(24)21-17-19-13(8-29-17)10-3-2-4-11(7-10)23(26)27/h2-8H,9H2,1H3,(H,19,21,24). The molecule has 30 heavy (non-hydrogen) atoms. The first kappa shape index (κ1) is 20.2. The second kappa shape index (κ2) is 8.34. The van der Waals surface area contributed by atoms with Gasteiger partial charge in [0.15, 0.2) is 10.3 Å². The highest BCUT2D eigenvalue weighted by Gasteiger charge is 2.14. The van der Waals surface area contributed by atoms with Crippen molar-refractivity contribution in [1.29, 1.82) is 0 Å². The van der Waals surface area contributed by atoms with Gasteiger partial charge in [-0.2, -0.15) is 0 Å². The van der Waals surface area contributed by atoms with Crippen LogP contribution in [0.1, 0.15) is 0 Å². The molecular weight excluding hydrogens is 446 g/mol. The van der Waals surface area contributed by atoms with Crippen LogP contribution in [-0.4, -0.2) is 31.1 Å². The van der Waals surface area contributed by atoms with E-state index >= 15 is 0 Å². The third kappa shape index (κ3) is 4.10. The van der Waals surface area contributed by atoms with Crippen LogP contribution >= 0.6 is 34.4 Å². The van der Waals surface area contributed by atoms with E-state index < -0.39 is 4.92 Å². The molecular formula is C18H13N5O4S3. The summed E-state index contributed by atoms with van der Waals surface area (Å²) in [4.78, 5) is 43.9. The van der Waals surface area contributed by atoms with Crippen molar-refractivity contribution in [3.8, 4) is 11.3 Å². The fraction of sp³-hybridized carbons (Fsp3) is 0.111. The monoisotopic (exact) mass is 459 g/mol. The Hall–Kier alpha value is -3.09. The number of carbonyl (C=O) groups is 1. The molecule has 0 aliphatic heterocycles. The maximum Gasteiger partial charge on any atom is 0.271 e. The van der Waals surface area contributed by atoms with Gasteiger partial charge in [-0.05, 0) is 11.4 Å². The van der Waals surface area contributed by atoms with Crippen LogP contribution in [0.25, 0.3) is 21.5 Å². The van der Waals surface area contributed by atoms with Gasteiger partial charge in [0.1, 0.15) is 4.70 Å². The lowest BCUT2D eigenvalue weighted by Crippen LogP contribution is -2.20. The maximum atomic E-state index is 12.3. The van der Waals surface area contributed by atoms with E-state index in [2.05, 4.69) is 15.3 Å². The lowest BCUT2D eigenvalue weighted by molar-refractivity contribution is -0.384. The van der Waals surface area contributed by atoms with Crippen molar-refractivity contribution in [2.75, 3.05) is 11.1 Å². The summed E-state index contributed by atoms with van der Waals surface area (Å²) in [5.74, 6) is -0.235. The molecule has 1 aromatic carbocycles. The van der Waals surface area contributed by atoms with E-state index in [9.17, 15) is 19.7 Å². The Bertz CT molecular complexity index is 1330. The summed E-state index contributed by atoms with van der Waals surface area (Å²) >= 11 is 3.72. The van der Waals surface area contributed by atoms with Gasteiger partial charge in [-0.3, -0.25) is 24.3 Å². The molecule has 152 valence electrons. The zero-order valence-corrected chi connectivity index (χ0v) is 17.8. The number of fused-ring (bicyclic) bond motifs is 1. The summed E-state index contributed by atoms with van der Waals surface area (Å²) in [6.07, 6.45) is 0. The molecule has 0 aliphatic rings. The lowest BCUT2D eigenvalue weighted by atomic mass is 10.1. The molecule has 4 aromatic rings. The van der Waals surface area contributed by atoms with Crippen LogP contribution in [0.15, 0.2) is 51.0 Å². The number of nitrogens with one attached hydrogen (secondary N) is 1. The summed E-state index contributed by atoms with van der Waals surface area (Å²) in [7, 11) is 1.63. The average Bonchev–Trinajstić information content (AvgIpc) is 3.39. The molecule has 0 fully saturated rings. The van der Waals surface area contributed by atoms with Gasteiger partial charge in [-0.15, -0.1) is 22.7 Å². The molecule has 0 radical (unpaired) electrons.